The standard InChI is InChI=1S/C25H24N6OS/c1-15(2)17-7-9-18(10-8-17)23-19(13-26)24(28)31-25(20(23)14-27)33-12-11-22(32)30-21-6-4-5-16(3)29-21/h4-10,15H,11-12H2,1-3H3,(H2,28,31)(H,29,30,32). The maximum absolute atomic E-state index is 12.3. The number of nitrogens with two attached hydrogens (primary N) is 1. The van der Waals surface area contributed by atoms with Crippen LogP contribution >= 0.6 is 11.8 Å². The number of nitriles is 2. The van der Waals surface area contributed by atoms with Gasteiger partial charge >= 0.3 is 0 Å². The Hall–Kier alpha value is -3.88. The van der Waals surface area contributed by atoms with Crippen molar-refractivity contribution in [1.29, 1.82) is 10.5 Å². The average Bonchev–Trinajstić information content (AvgIpc) is 2.78. The van der Waals surface area contributed by atoms with Crippen LogP contribution in [0.15, 0.2) is 47.5 Å². The summed E-state index contributed by atoms with van der Waals surface area (Å²) < 4.78 is 0. The third-order valence-corrected chi connectivity index (χ3v) is 5.98. The summed E-state index contributed by atoms with van der Waals surface area (Å²) in [6, 6.07) is 17.4. The molecule has 7 nitrogen and oxygen atoms in total. The number of benzene rings is 1. The number of hydrogen-bond acceptors (Lipinski definition) is 7. The fourth-order valence-electron chi connectivity index (χ4n) is 3.28. The Kier molecular flexibility index (Phi) is 7.66. The van der Waals surface area contributed by atoms with Crippen molar-refractivity contribution in [3.8, 4) is 23.3 Å². The van der Waals surface area contributed by atoms with E-state index in [9.17, 15) is 15.3 Å². The van der Waals surface area contributed by atoms with E-state index in [1.165, 1.54) is 11.8 Å². The van der Waals surface area contributed by atoms with E-state index in [0.717, 1.165) is 16.8 Å². The summed E-state index contributed by atoms with van der Waals surface area (Å²) in [7, 11) is 0. The van der Waals surface area contributed by atoms with Crippen molar-refractivity contribution < 1.29 is 4.79 Å². The van der Waals surface area contributed by atoms with Crippen LogP contribution in [0.3, 0.4) is 0 Å². The number of amides is 1. The number of aromatic nitrogens is 2. The van der Waals surface area contributed by atoms with Crippen molar-refractivity contribution in [2.45, 2.75) is 38.1 Å². The number of pyridine rings is 2. The summed E-state index contributed by atoms with van der Waals surface area (Å²) in [5.41, 5.74) is 9.70. The molecule has 0 radical (unpaired) electrons. The first-order chi connectivity index (χ1) is 15.8. The molecule has 0 bridgehead atoms. The Bertz CT molecular complexity index is 1260. The molecule has 3 rings (SSSR count). The van der Waals surface area contributed by atoms with E-state index in [-0.39, 0.29) is 29.3 Å². The van der Waals surface area contributed by atoms with E-state index in [1.54, 1.807) is 6.07 Å². The van der Waals surface area contributed by atoms with Gasteiger partial charge < -0.3 is 11.1 Å². The number of rotatable bonds is 7. The van der Waals surface area contributed by atoms with Crippen LogP contribution in [0.1, 0.15) is 48.6 Å². The van der Waals surface area contributed by atoms with Crippen LogP contribution in [0, 0.1) is 29.6 Å². The monoisotopic (exact) mass is 456 g/mol. The molecule has 0 aliphatic carbocycles. The van der Waals surface area contributed by atoms with E-state index < -0.39 is 0 Å². The molecule has 2 aromatic heterocycles. The lowest BCUT2D eigenvalue weighted by atomic mass is 9.94. The van der Waals surface area contributed by atoms with Gasteiger partial charge in [-0.25, -0.2) is 9.97 Å². The van der Waals surface area contributed by atoms with Gasteiger partial charge in [-0.3, -0.25) is 4.79 Å². The zero-order valence-electron chi connectivity index (χ0n) is 18.7. The van der Waals surface area contributed by atoms with Gasteiger partial charge in [0.1, 0.15) is 34.4 Å². The van der Waals surface area contributed by atoms with Crippen LogP contribution < -0.4 is 11.1 Å². The molecule has 1 aromatic carbocycles. The lowest BCUT2D eigenvalue weighted by molar-refractivity contribution is -0.115. The minimum absolute atomic E-state index is 0.0651. The van der Waals surface area contributed by atoms with Crippen LogP contribution in [-0.2, 0) is 4.79 Å². The molecule has 166 valence electrons. The smallest absolute Gasteiger partial charge is 0.226 e. The number of hydrogen-bond donors (Lipinski definition) is 2. The fourth-order valence-corrected chi connectivity index (χ4v) is 4.22. The highest BCUT2D eigenvalue weighted by Crippen LogP contribution is 2.36. The van der Waals surface area contributed by atoms with Crippen molar-refractivity contribution in [2.24, 2.45) is 0 Å². The largest absolute Gasteiger partial charge is 0.383 e. The van der Waals surface area contributed by atoms with Gasteiger partial charge in [-0.15, -0.1) is 11.8 Å². The Morgan fingerprint density at radius 2 is 1.79 bits per heavy atom. The number of aryl methyl sites for hydroxylation is 1. The maximum atomic E-state index is 12.3. The lowest BCUT2D eigenvalue weighted by Crippen LogP contribution is -2.13. The van der Waals surface area contributed by atoms with Gasteiger partial charge in [-0.2, -0.15) is 10.5 Å². The first-order valence-electron chi connectivity index (χ1n) is 10.4. The minimum atomic E-state index is -0.190. The highest BCUT2D eigenvalue weighted by atomic mass is 32.2. The van der Waals surface area contributed by atoms with Gasteiger partial charge in [0.05, 0.1) is 5.56 Å². The van der Waals surface area contributed by atoms with E-state index in [4.69, 9.17) is 5.73 Å². The molecule has 0 fully saturated rings. The number of anilines is 2. The molecule has 0 aliphatic rings. The molecular formula is C25H24N6OS. The summed E-state index contributed by atoms with van der Waals surface area (Å²) in [6.45, 7) is 6.05. The molecule has 0 aliphatic heterocycles. The van der Waals surface area contributed by atoms with Crippen molar-refractivity contribution >= 4 is 29.3 Å². The Morgan fingerprint density at radius 3 is 2.39 bits per heavy atom. The highest BCUT2D eigenvalue weighted by Gasteiger charge is 2.21. The van der Waals surface area contributed by atoms with Crippen LogP contribution in [0.4, 0.5) is 11.6 Å². The zero-order chi connectivity index (χ0) is 24.0. The van der Waals surface area contributed by atoms with E-state index in [0.29, 0.717) is 28.1 Å². The Balaban J connectivity index is 1.83. The number of nitrogens with zero attached hydrogens (tertiary/aromatic N) is 4. The zero-order valence-corrected chi connectivity index (χ0v) is 19.5. The molecular weight excluding hydrogens is 432 g/mol. The van der Waals surface area contributed by atoms with Crippen molar-refractivity contribution in [3.63, 3.8) is 0 Å². The highest BCUT2D eigenvalue weighted by molar-refractivity contribution is 7.99. The van der Waals surface area contributed by atoms with Gasteiger partial charge in [-0.05, 0) is 36.1 Å². The molecule has 0 spiro atoms. The van der Waals surface area contributed by atoms with Crippen LogP contribution in [-0.4, -0.2) is 21.6 Å². The minimum Gasteiger partial charge on any atom is -0.383 e. The summed E-state index contributed by atoms with van der Waals surface area (Å²) in [5, 5.41) is 22.7. The molecule has 3 N–H and O–H groups in total. The number of carbonyl (C=O) groups is 1. The molecule has 2 heterocycles. The van der Waals surface area contributed by atoms with Crippen LogP contribution in [0.2, 0.25) is 0 Å². The average molecular weight is 457 g/mol. The van der Waals surface area contributed by atoms with Gasteiger partial charge in [0, 0.05) is 23.4 Å². The SMILES string of the molecule is Cc1cccc(NC(=O)CCSc2nc(N)c(C#N)c(-c3ccc(C(C)C)cc3)c2C#N)n1. The van der Waals surface area contributed by atoms with Crippen LogP contribution in [0.25, 0.3) is 11.1 Å². The van der Waals surface area contributed by atoms with Gasteiger partial charge in [0.2, 0.25) is 5.91 Å². The second kappa shape index (κ2) is 10.6. The number of nitrogens with one attached hydrogen (secondary N) is 1. The maximum Gasteiger partial charge on any atom is 0.226 e. The summed E-state index contributed by atoms with van der Waals surface area (Å²) >= 11 is 1.26. The van der Waals surface area contributed by atoms with Gasteiger partial charge in [0.15, 0.2) is 0 Å². The molecule has 3 aromatic rings. The molecule has 8 heteroatoms. The van der Waals surface area contributed by atoms with Crippen molar-refractivity contribution in [3.05, 3.63) is 64.8 Å². The van der Waals surface area contributed by atoms with Crippen molar-refractivity contribution in [1.82, 2.24) is 9.97 Å². The number of carbonyl (C=O) groups excluding carboxylic acids is 1. The predicted molar refractivity (Wildman–Crippen MR) is 131 cm³/mol. The van der Waals surface area contributed by atoms with Gasteiger partial charge in [-0.1, -0.05) is 44.2 Å². The molecule has 1 amide bonds. The van der Waals surface area contributed by atoms with E-state index in [2.05, 4.69) is 41.3 Å². The van der Waals surface area contributed by atoms with Crippen molar-refractivity contribution in [2.75, 3.05) is 16.8 Å². The fraction of sp³-hybridized carbons (Fsp3) is 0.240. The summed E-state index contributed by atoms with van der Waals surface area (Å²) in [5.74, 6) is 1.12. The topological polar surface area (TPSA) is 128 Å². The predicted octanol–water partition coefficient (Wildman–Crippen LogP) is 5.02. The summed E-state index contributed by atoms with van der Waals surface area (Å²) in [6.07, 6.45) is 0.200. The first-order valence-corrected chi connectivity index (χ1v) is 11.4. The second-order valence-electron chi connectivity index (χ2n) is 7.74. The molecule has 0 saturated heterocycles. The molecule has 33 heavy (non-hydrogen) atoms. The Morgan fingerprint density at radius 1 is 1.09 bits per heavy atom. The first kappa shape index (κ1) is 23.8. The summed E-state index contributed by atoms with van der Waals surface area (Å²) in [4.78, 5) is 20.8. The quantitative estimate of drug-likeness (QED) is 0.477. The van der Waals surface area contributed by atoms with Gasteiger partial charge in [0.25, 0.3) is 0 Å². The third-order valence-electron chi connectivity index (χ3n) is 5.01. The molecule has 0 unspecified atom stereocenters. The van der Waals surface area contributed by atoms with E-state index in [1.807, 2.05) is 43.3 Å². The molecule has 0 saturated carbocycles. The Labute approximate surface area is 197 Å². The normalized spacial score (nSPS) is 10.5. The third kappa shape index (κ3) is 5.68. The molecule has 0 atom stereocenters. The number of thioether (sulfide) groups is 1. The van der Waals surface area contributed by atoms with E-state index >= 15 is 0 Å². The number of nitrogen functional groups attached to an aromatic ring is 1. The van der Waals surface area contributed by atoms with Crippen LogP contribution in [0.5, 0.6) is 0 Å². The second-order valence-corrected chi connectivity index (χ2v) is 8.82. The lowest BCUT2D eigenvalue weighted by Gasteiger charge is -2.14.